The van der Waals surface area contributed by atoms with Crippen molar-refractivity contribution in [1.82, 2.24) is 10.2 Å². The van der Waals surface area contributed by atoms with E-state index in [0.717, 1.165) is 44.6 Å². The van der Waals surface area contributed by atoms with Crippen molar-refractivity contribution in [2.24, 2.45) is 0 Å². The SMILES string of the molecule is CC(CC(=O)c1ccccc1)(N1CCCCC1)C1(c2ccccc2)CCCNC1. The maximum atomic E-state index is 13.5. The van der Waals surface area contributed by atoms with Crippen LogP contribution in [0.4, 0.5) is 0 Å². The van der Waals surface area contributed by atoms with Crippen LogP contribution in [0.1, 0.15) is 61.4 Å². The second kappa shape index (κ2) is 8.81. The number of piperidine rings is 2. The average molecular weight is 391 g/mol. The lowest BCUT2D eigenvalue weighted by Gasteiger charge is -2.57. The zero-order chi connectivity index (χ0) is 20.2. The molecule has 2 saturated heterocycles. The number of hydrogen-bond acceptors (Lipinski definition) is 3. The van der Waals surface area contributed by atoms with Crippen LogP contribution in [-0.4, -0.2) is 42.4 Å². The van der Waals surface area contributed by atoms with Gasteiger partial charge in [0.1, 0.15) is 0 Å². The van der Waals surface area contributed by atoms with Gasteiger partial charge in [-0.1, -0.05) is 67.1 Å². The van der Waals surface area contributed by atoms with Crippen LogP contribution in [0.2, 0.25) is 0 Å². The Labute approximate surface area is 175 Å². The molecule has 0 radical (unpaired) electrons. The molecule has 1 N–H and O–H groups in total. The largest absolute Gasteiger partial charge is 0.316 e. The van der Waals surface area contributed by atoms with Gasteiger partial charge in [-0.15, -0.1) is 0 Å². The number of ketones is 1. The van der Waals surface area contributed by atoms with Gasteiger partial charge in [0, 0.05) is 29.5 Å². The van der Waals surface area contributed by atoms with E-state index >= 15 is 0 Å². The first-order valence-electron chi connectivity index (χ1n) is 11.3. The number of carbonyl (C=O) groups excluding carboxylic acids is 1. The Kier molecular flexibility index (Phi) is 6.17. The zero-order valence-electron chi connectivity index (χ0n) is 17.7. The van der Waals surface area contributed by atoms with Gasteiger partial charge in [0.2, 0.25) is 0 Å². The Morgan fingerprint density at radius 1 is 0.966 bits per heavy atom. The third-order valence-electron chi connectivity index (χ3n) is 7.40. The molecule has 2 atom stereocenters. The van der Waals surface area contributed by atoms with Gasteiger partial charge in [0.05, 0.1) is 0 Å². The highest BCUT2D eigenvalue weighted by molar-refractivity contribution is 5.97. The highest BCUT2D eigenvalue weighted by atomic mass is 16.1. The highest BCUT2D eigenvalue weighted by Crippen LogP contribution is 2.47. The topological polar surface area (TPSA) is 32.3 Å². The molecule has 2 fully saturated rings. The van der Waals surface area contributed by atoms with Gasteiger partial charge in [0.15, 0.2) is 5.78 Å². The van der Waals surface area contributed by atoms with E-state index in [1.54, 1.807) is 0 Å². The van der Waals surface area contributed by atoms with Crippen molar-refractivity contribution in [1.29, 1.82) is 0 Å². The summed E-state index contributed by atoms with van der Waals surface area (Å²) in [5, 5.41) is 3.69. The van der Waals surface area contributed by atoms with Gasteiger partial charge in [-0.05, 0) is 57.8 Å². The fraction of sp³-hybridized carbons (Fsp3) is 0.500. The molecule has 2 aliphatic heterocycles. The molecule has 154 valence electrons. The van der Waals surface area contributed by atoms with Crippen molar-refractivity contribution < 1.29 is 4.79 Å². The minimum absolute atomic E-state index is 0.0612. The fourth-order valence-electron chi connectivity index (χ4n) is 5.69. The normalized spacial score (nSPS) is 25.3. The summed E-state index contributed by atoms with van der Waals surface area (Å²) < 4.78 is 0. The molecule has 0 spiro atoms. The monoisotopic (exact) mass is 390 g/mol. The maximum absolute atomic E-state index is 13.5. The number of hydrogen-bond donors (Lipinski definition) is 1. The summed E-state index contributed by atoms with van der Waals surface area (Å²) >= 11 is 0. The van der Waals surface area contributed by atoms with E-state index in [4.69, 9.17) is 0 Å². The van der Waals surface area contributed by atoms with Crippen LogP contribution in [0, 0.1) is 0 Å². The minimum atomic E-state index is -0.213. The first kappa shape index (κ1) is 20.3. The molecule has 3 nitrogen and oxygen atoms in total. The second-order valence-electron chi connectivity index (χ2n) is 9.02. The molecule has 0 aliphatic carbocycles. The Morgan fingerprint density at radius 3 is 2.24 bits per heavy atom. The predicted molar refractivity (Wildman–Crippen MR) is 119 cm³/mol. The van der Waals surface area contributed by atoms with Crippen molar-refractivity contribution >= 4 is 5.78 Å². The molecule has 2 aromatic carbocycles. The van der Waals surface area contributed by atoms with Crippen LogP contribution in [-0.2, 0) is 5.41 Å². The van der Waals surface area contributed by atoms with Crippen molar-refractivity contribution in [3.05, 3.63) is 71.8 Å². The van der Waals surface area contributed by atoms with Gasteiger partial charge in [-0.25, -0.2) is 0 Å². The Morgan fingerprint density at radius 2 is 1.62 bits per heavy atom. The Bertz CT molecular complexity index is 792. The van der Waals surface area contributed by atoms with Crippen molar-refractivity contribution in [3.8, 4) is 0 Å². The van der Waals surface area contributed by atoms with E-state index in [1.807, 2.05) is 30.3 Å². The smallest absolute Gasteiger partial charge is 0.164 e. The average Bonchev–Trinajstić information content (AvgIpc) is 2.81. The van der Waals surface area contributed by atoms with Crippen molar-refractivity contribution in [3.63, 3.8) is 0 Å². The molecule has 0 aromatic heterocycles. The summed E-state index contributed by atoms with van der Waals surface area (Å²) in [5.74, 6) is 0.263. The number of rotatable bonds is 6. The summed E-state index contributed by atoms with van der Waals surface area (Å²) in [6.07, 6.45) is 6.60. The van der Waals surface area contributed by atoms with E-state index in [1.165, 1.54) is 24.8 Å². The third kappa shape index (κ3) is 3.91. The highest BCUT2D eigenvalue weighted by Gasteiger charge is 2.53. The second-order valence-corrected chi connectivity index (χ2v) is 9.02. The van der Waals surface area contributed by atoms with Crippen molar-refractivity contribution in [2.45, 2.75) is 56.4 Å². The quantitative estimate of drug-likeness (QED) is 0.718. The van der Waals surface area contributed by atoms with E-state index in [0.29, 0.717) is 6.42 Å². The summed E-state index contributed by atoms with van der Waals surface area (Å²) in [6, 6.07) is 20.8. The number of carbonyl (C=O) groups is 1. The Hall–Kier alpha value is -1.97. The van der Waals surface area contributed by atoms with E-state index in [2.05, 4.69) is 47.5 Å². The lowest BCUT2D eigenvalue weighted by molar-refractivity contribution is -0.00629. The summed E-state index contributed by atoms with van der Waals surface area (Å²) in [4.78, 5) is 16.1. The van der Waals surface area contributed by atoms with Crippen LogP contribution in [0.15, 0.2) is 60.7 Å². The first-order chi connectivity index (χ1) is 14.2. The number of benzene rings is 2. The van der Waals surface area contributed by atoms with Gasteiger partial charge >= 0.3 is 0 Å². The van der Waals surface area contributed by atoms with Crippen molar-refractivity contribution in [2.75, 3.05) is 26.2 Å². The van der Waals surface area contributed by atoms with Gasteiger partial charge in [0.25, 0.3) is 0 Å². The summed E-state index contributed by atoms with van der Waals surface area (Å²) in [6.45, 7) is 6.56. The molecule has 0 bridgehead atoms. The summed E-state index contributed by atoms with van der Waals surface area (Å²) in [7, 11) is 0. The van der Waals surface area contributed by atoms with E-state index in [-0.39, 0.29) is 16.7 Å². The van der Waals surface area contributed by atoms with Gasteiger partial charge < -0.3 is 5.32 Å². The van der Waals surface area contributed by atoms with E-state index < -0.39 is 0 Å². The fourth-order valence-corrected chi connectivity index (χ4v) is 5.69. The third-order valence-corrected chi connectivity index (χ3v) is 7.40. The van der Waals surface area contributed by atoms with Crippen LogP contribution >= 0.6 is 0 Å². The number of Topliss-reactive ketones (excluding diaryl/α,β-unsaturated/α-hetero) is 1. The molecule has 3 heteroatoms. The zero-order valence-corrected chi connectivity index (χ0v) is 17.7. The molecule has 2 aliphatic rings. The molecule has 2 heterocycles. The van der Waals surface area contributed by atoms with Crippen LogP contribution in [0.25, 0.3) is 0 Å². The molecule has 4 rings (SSSR count). The predicted octanol–water partition coefficient (Wildman–Crippen LogP) is 4.83. The molecule has 2 aromatic rings. The molecule has 0 amide bonds. The molecular formula is C26H34N2O. The van der Waals surface area contributed by atoms with Crippen LogP contribution in [0.3, 0.4) is 0 Å². The van der Waals surface area contributed by atoms with Gasteiger partial charge in [-0.3, -0.25) is 9.69 Å². The van der Waals surface area contributed by atoms with Gasteiger partial charge in [-0.2, -0.15) is 0 Å². The lowest BCUT2D eigenvalue weighted by Crippen LogP contribution is -2.66. The van der Waals surface area contributed by atoms with Crippen LogP contribution in [0.5, 0.6) is 0 Å². The summed E-state index contributed by atoms with van der Waals surface area (Å²) in [5.41, 5.74) is 1.94. The molecule has 0 saturated carbocycles. The first-order valence-corrected chi connectivity index (χ1v) is 11.3. The number of nitrogens with one attached hydrogen (secondary N) is 1. The Balaban J connectivity index is 1.78. The molecular weight excluding hydrogens is 356 g/mol. The molecule has 29 heavy (non-hydrogen) atoms. The number of nitrogens with zero attached hydrogens (tertiary/aromatic N) is 1. The lowest BCUT2D eigenvalue weighted by atomic mass is 9.59. The number of likely N-dealkylation sites (tertiary alicyclic amines) is 1. The van der Waals surface area contributed by atoms with Crippen LogP contribution < -0.4 is 5.32 Å². The maximum Gasteiger partial charge on any atom is 0.164 e. The minimum Gasteiger partial charge on any atom is -0.316 e. The standard InChI is InChI=1S/C26H34N2O/c1-25(28-18-9-4-10-19-28,20-24(29)22-12-5-2-6-13-22)26(16-11-17-27-21-26)23-14-7-3-8-15-23/h2-3,5-8,12-15,27H,4,9-11,16-21H2,1H3. The van der Waals surface area contributed by atoms with E-state index in [9.17, 15) is 4.79 Å². The molecule has 2 unspecified atom stereocenters.